The molecule has 1 atom stereocenters. The van der Waals surface area contributed by atoms with Crippen LogP contribution in [0.5, 0.6) is 0 Å². The minimum Gasteiger partial charge on any atom is -0.318 e. The van der Waals surface area contributed by atoms with Crippen LogP contribution in [-0.2, 0) is 22.3 Å². The van der Waals surface area contributed by atoms with Crippen molar-refractivity contribution in [3.8, 4) is 0 Å². The van der Waals surface area contributed by atoms with Gasteiger partial charge >= 0.3 is 6.18 Å². The van der Waals surface area contributed by atoms with Gasteiger partial charge in [0, 0.05) is 36.3 Å². The average molecular weight is 521 g/mol. The van der Waals surface area contributed by atoms with Crippen molar-refractivity contribution in [2.45, 2.75) is 44.9 Å². The summed E-state index contributed by atoms with van der Waals surface area (Å²) in [5.74, 6) is -0.234. The summed E-state index contributed by atoms with van der Waals surface area (Å²) in [5.41, 5.74) is 1.62. The summed E-state index contributed by atoms with van der Waals surface area (Å²) in [5, 5.41) is 0. The number of anilines is 2. The van der Waals surface area contributed by atoms with Gasteiger partial charge in [-0.3, -0.25) is 9.59 Å². The Kier molecular flexibility index (Phi) is 6.69. The Bertz CT molecular complexity index is 1480. The Morgan fingerprint density at radius 3 is 2.45 bits per heavy atom. The Morgan fingerprint density at radius 2 is 1.74 bits per heavy atom. The molecule has 2 amide bonds. The van der Waals surface area contributed by atoms with Crippen LogP contribution in [-0.4, -0.2) is 34.0 Å². The molecule has 2 heterocycles. The first-order valence-corrected chi connectivity index (χ1v) is 12.4. The minimum atomic E-state index is -4.51. The van der Waals surface area contributed by atoms with Crippen LogP contribution in [0.3, 0.4) is 0 Å². The standard InChI is InChI=1S/C29H27F3N4O2/c1-19(2)36(22-10-4-3-5-11-22)27(38)18-35-25-14-7-6-13-24(25)33-28(35)20-15-26(37)34(17-20)23-12-8-9-21(16-23)29(30,31)32/h3-14,16,19-20H,15,17-18H2,1-2H3. The number of benzene rings is 3. The predicted octanol–water partition coefficient (Wildman–Crippen LogP) is 6.02. The van der Waals surface area contributed by atoms with E-state index in [-0.39, 0.29) is 49.0 Å². The third-order valence-corrected chi connectivity index (χ3v) is 6.77. The molecule has 0 saturated carbocycles. The molecular weight excluding hydrogens is 493 g/mol. The van der Waals surface area contributed by atoms with Gasteiger partial charge in [-0.25, -0.2) is 4.98 Å². The summed E-state index contributed by atoms with van der Waals surface area (Å²) in [6.45, 7) is 4.07. The zero-order valence-electron chi connectivity index (χ0n) is 21.0. The van der Waals surface area contributed by atoms with Gasteiger partial charge < -0.3 is 14.4 Å². The van der Waals surface area contributed by atoms with Crippen LogP contribution in [0.1, 0.15) is 37.6 Å². The maximum absolute atomic E-state index is 13.6. The lowest BCUT2D eigenvalue weighted by Gasteiger charge is -2.28. The molecule has 1 fully saturated rings. The fourth-order valence-corrected chi connectivity index (χ4v) is 5.08. The van der Waals surface area contributed by atoms with Gasteiger partial charge in [-0.15, -0.1) is 0 Å². The van der Waals surface area contributed by atoms with Crippen LogP contribution >= 0.6 is 0 Å². The molecule has 0 spiro atoms. The third-order valence-electron chi connectivity index (χ3n) is 6.77. The lowest BCUT2D eigenvalue weighted by molar-refractivity contribution is -0.137. The number of para-hydroxylation sites is 3. The molecule has 3 aromatic carbocycles. The van der Waals surface area contributed by atoms with Crippen LogP contribution in [0.2, 0.25) is 0 Å². The van der Waals surface area contributed by atoms with Crippen molar-refractivity contribution in [3.63, 3.8) is 0 Å². The molecule has 1 aliphatic heterocycles. The van der Waals surface area contributed by atoms with Gasteiger partial charge in [-0.1, -0.05) is 36.4 Å². The van der Waals surface area contributed by atoms with E-state index >= 15 is 0 Å². The molecule has 0 bridgehead atoms. The van der Waals surface area contributed by atoms with E-state index in [9.17, 15) is 22.8 Å². The van der Waals surface area contributed by atoms with E-state index in [4.69, 9.17) is 4.98 Å². The number of aromatic nitrogens is 2. The molecule has 6 nitrogen and oxygen atoms in total. The van der Waals surface area contributed by atoms with E-state index < -0.39 is 11.7 Å². The normalized spacial score (nSPS) is 16.0. The van der Waals surface area contributed by atoms with Gasteiger partial charge in [-0.05, 0) is 56.3 Å². The van der Waals surface area contributed by atoms with Crippen LogP contribution in [0, 0.1) is 0 Å². The summed E-state index contributed by atoms with van der Waals surface area (Å²) in [4.78, 5) is 34.5. The smallest absolute Gasteiger partial charge is 0.318 e. The number of amides is 2. The van der Waals surface area contributed by atoms with Gasteiger partial charge in [0.05, 0.1) is 16.6 Å². The summed E-state index contributed by atoms with van der Waals surface area (Å²) in [6.07, 6.45) is -4.42. The number of carbonyl (C=O) groups is 2. The zero-order chi connectivity index (χ0) is 27.0. The molecule has 1 aliphatic rings. The van der Waals surface area contributed by atoms with Gasteiger partial charge in [0.1, 0.15) is 12.4 Å². The molecule has 38 heavy (non-hydrogen) atoms. The molecule has 1 unspecified atom stereocenters. The molecule has 0 aliphatic carbocycles. The molecule has 0 N–H and O–H groups in total. The highest BCUT2D eigenvalue weighted by Gasteiger charge is 2.37. The number of carbonyl (C=O) groups excluding carboxylic acids is 2. The van der Waals surface area contributed by atoms with Crippen molar-refractivity contribution >= 4 is 34.2 Å². The SMILES string of the molecule is CC(C)N(C(=O)Cn1c(C2CC(=O)N(c3cccc(C(F)(F)F)c3)C2)nc2ccccc21)c1ccccc1. The zero-order valence-corrected chi connectivity index (χ0v) is 21.0. The topological polar surface area (TPSA) is 58.4 Å². The van der Waals surface area contributed by atoms with Crippen molar-refractivity contribution < 1.29 is 22.8 Å². The molecule has 1 saturated heterocycles. The molecule has 9 heteroatoms. The molecule has 196 valence electrons. The maximum atomic E-state index is 13.6. The number of fused-ring (bicyclic) bond motifs is 1. The molecule has 0 radical (unpaired) electrons. The first-order chi connectivity index (χ1) is 18.1. The van der Waals surface area contributed by atoms with Gasteiger partial charge in [0.15, 0.2) is 0 Å². The van der Waals surface area contributed by atoms with Crippen molar-refractivity contribution in [1.29, 1.82) is 0 Å². The van der Waals surface area contributed by atoms with E-state index in [0.717, 1.165) is 23.3 Å². The number of rotatable bonds is 6. The van der Waals surface area contributed by atoms with E-state index in [1.807, 2.05) is 73.0 Å². The Hall–Kier alpha value is -4.14. The molecule has 1 aromatic heterocycles. The fraction of sp³-hybridized carbons (Fsp3) is 0.276. The number of halogens is 3. The number of hydrogen-bond acceptors (Lipinski definition) is 3. The predicted molar refractivity (Wildman–Crippen MR) is 140 cm³/mol. The Balaban J connectivity index is 1.48. The second kappa shape index (κ2) is 9.96. The number of imidazole rings is 1. The second-order valence-corrected chi connectivity index (χ2v) is 9.69. The van der Waals surface area contributed by atoms with Crippen molar-refractivity contribution in [2.75, 3.05) is 16.3 Å². The summed E-state index contributed by atoms with van der Waals surface area (Å²) in [7, 11) is 0. The quantitative estimate of drug-likeness (QED) is 0.313. The largest absolute Gasteiger partial charge is 0.416 e. The van der Waals surface area contributed by atoms with Crippen LogP contribution in [0.15, 0.2) is 78.9 Å². The fourth-order valence-electron chi connectivity index (χ4n) is 5.08. The molecule has 5 rings (SSSR count). The van der Waals surface area contributed by atoms with Gasteiger partial charge in [0.2, 0.25) is 11.8 Å². The lowest BCUT2D eigenvalue weighted by Crippen LogP contribution is -2.39. The highest BCUT2D eigenvalue weighted by atomic mass is 19.4. The van der Waals surface area contributed by atoms with Gasteiger partial charge in [-0.2, -0.15) is 13.2 Å². The van der Waals surface area contributed by atoms with E-state index in [1.54, 1.807) is 4.90 Å². The first kappa shape index (κ1) is 25.5. The number of hydrogen-bond donors (Lipinski definition) is 0. The van der Waals surface area contributed by atoms with E-state index in [1.165, 1.54) is 17.0 Å². The monoisotopic (exact) mass is 520 g/mol. The number of alkyl halides is 3. The lowest BCUT2D eigenvalue weighted by atomic mass is 10.1. The van der Waals surface area contributed by atoms with Crippen molar-refractivity contribution in [3.05, 3.63) is 90.3 Å². The van der Waals surface area contributed by atoms with Gasteiger partial charge in [0.25, 0.3) is 0 Å². The van der Waals surface area contributed by atoms with Crippen LogP contribution in [0.4, 0.5) is 24.5 Å². The molecular formula is C29H27F3N4O2. The molecule has 4 aromatic rings. The van der Waals surface area contributed by atoms with Crippen LogP contribution < -0.4 is 9.80 Å². The maximum Gasteiger partial charge on any atom is 0.416 e. The highest BCUT2D eigenvalue weighted by Crippen LogP contribution is 2.36. The number of nitrogens with zero attached hydrogens (tertiary/aromatic N) is 4. The Morgan fingerprint density at radius 1 is 1.03 bits per heavy atom. The van der Waals surface area contributed by atoms with Crippen molar-refractivity contribution in [1.82, 2.24) is 9.55 Å². The highest BCUT2D eigenvalue weighted by molar-refractivity contribution is 5.97. The summed E-state index contributed by atoms with van der Waals surface area (Å²) < 4.78 is 41.7. The average Bonchev–Trinajstić information content (AvgIpc) is 3.44. The van der Waals surface area contributed by atoms with Crippen LogP contribution in [0.25, 0.3) is 11.0 Å². The second-order valence-electron chi connectivity index (χ2n) is 9.69. The third kappa shape index (κ3) is 4.88. The van der Waals surface area contributed by atoms with E-state index in [0.29, 0.717) is 11.3 Å². The summed E-state index contributed by atoms with van der Waals surface area (Å²) >= 11 is 0. The summed E-state index contributed by atoms with van der Waals surface area (Å²) in [6, 6.07) is 21.5. The van der Waals surface area contributed by atoms with Crippen molar-refractivity contribution in [2.24, 2.45) is 0 Å². The first-order valence-electron chi connectivity index (χ1n) is 12.4. The Labute approximate surface area is 218 Å². The minimum absolute atomic E-state index is 0.0111. The van der Waals surface area contributed by atoms with E-state index in [2.05, 4.69) is 0 Å².